The average Bonchev–Trinajstić information content (AvgIpc) is 3.19. The maximum atomic E-state index is 10.7. The second-order valence-corrected chi connectivity index (χ2v) is 4.91. The van der Waals surface area contributed by atoms with Crippen molar-refractivity contribution in [3.8, 4) is 0 Å². The molecule has 0 aliphatic rings. The van der Waals surface area contributed by atoms with E-state index in [9.17, 15) is 9.59 Å². The van der Waals surface area contributed by atoms with Gasteiger partial charge in [-0.15, -0.1) is 10.2 Å². The van der Waals surface area contributed by atoms with E-state index in [1.165, 1.54) is 12.1 Å². The van der Waals surface area contributed by atoms with Gasteiger partial charge in [-0.3, -0.25) is 0 Å². The maximum Gasteiger partial charge on any atom is 0.338 e. The smallest absolute Gasteiger partial charge is 0.338 e. The Kier molecular flexibility index (Phi) is 4.06. The second kappa shape index (κ2) is 6.35. The predicted molar refractivity (Wildman–Crippen MR) is 83.3 cm³/mol. The Bertz CT molecular complexity index is 1040. The van der Waals surface area contributed by atoms with Crippen molar-refractivity contribution in [1.82, 2.24) is 30.3 Å². The third kappa shape index (κ3) is 2.82. The Labute approximate surface area is 143 Å². The van der Waals surface area contributed by atoms with Crippen LogP contribution in [0.3, 0.4) is 0 Å². The number of nitrogens with zero attached hydrogens (tertiary/aromatic N) is 6. The molecule has 0 aliphatic heterocycles. The van der Waals surface area contributed by atoms with Gasteiger partial charge in [0.05, 0.1) is 11.1 Å². The molecule has 26 heavy (non-hydrogen) atoms. The van der Waals surface area contributed by atoms with E-state index in [2.05, 4.69) is 20.6 Å². The number of rotatable bonds is 2. The lowest BCUT2D eigenvalue weighted by molar-refractivity contribution is 0.0684. The van der Waals surface area contributed by atoms with Gasteiger partial charge in [0.2, 0.25) is 0 Å². The van der Waals surface area contributed by atoms with Gasteiger partial charge in [-0.1, -0.05) is 21.8 Å². The number of para-hydroxylation sites is 2. The molecule has 2 aromatic heterocycles. The summed E-state index contributed by atoms with van der Waals surface area (Å²) >= 11 is 0. The summed E-state index contributed by atoms with van der Waals surface area (Å²) in [6, 6.07) is 8.98. The van der Waals surface area contributed by atoms with Crippen LogP contribution < -0.4 is 0 Å². The first-order valence-corrected chi connectivity index (χ1v) is 6.94. The Morgan fingerprint density at radius 3 is 1.46 bits per heavy atom. The molecule has 12 heteroatoms. The Morgan fingerprint density at radius 1 is 0.731 bits per heavy atom. The summed E-state index contributed by atoms with van der Waals surface area (Å²) in [7, 11) is 0. The maximum absolute atomic E-state index is 10.7. The topological polar surface area (TPSA) is 176 Å². The molecule has 0 saturated heterocycles. The van der Waals surface area contributed by atoms with E-state index in [0.29, 0.717) is 20.7 Å². The molecule has 0 radical (unpaired) electrons. The Balaban J connectivity index is 0.000000151. The van der Waals surface area contributed by atoms with E-state index < -0.39 is 11.9 Å². The quantitative estimate of drug-likeness (QED) is 0.373. The van der Waals surface area contributed by atoms with Gasteiger partial charge in [-0.2, -0.15) is 0 Å². The van der Waals surface area contributed by atoms with Crippen LogP contribution in [0.5, 0.6) is 0 Å². The summed E-state index contributed by atoms with van der Waals surface area (Å²) in [5.41, 5.74) is 0.866. The van der Waals surface area contributed by atoms with Crippen LogP contribution in [0.2, 0.25) is 0 Å². The third-order valence-electron chi connectivity index (χ3n) is 3.36. The van der Waals surface area contributed by atoms with Crippen LogP contribution in [0.25, 0.3) is 22.1 Å². The van der Waals surface area contributed by atoms with Crippen LogP contribution in [0.1, 0.15) is 20.7 Å². The van der Waals surface area contributed by atoms with Crippen molar-refractivity contribution in [3.63, 3.8) is 0 Å². The summed E-state index contributed by atoms with van der Waals surface area (Å²) in [4.78, 5) is 22.3. The van der Waals surface area contributed by atoms with Gasteiger partial charge in [0, 0.05) is 0 Å². The minimum Gasteiger partial charge on any atom is -0.478 e. The van der Waals surface area contributed by atoms with E-state index >= 15 is 0 Å². The van der Waals surface area contributed by atoms with Gasteiger partial charge >= 0.3 is 11.9 Å². The van der Waals surface area contributed by atoms with Crippen molar-refractivity contribution in [2.24, 2.45) is 0 Å². The molecule has 2 heterocycles. The van der Waals surface area contributed by atoms with Gasteiger partial charge in [0.15, 0.2) is 0 Å². The minimum atomic E-state index is -1.12. The number of carboxylic acid groups (broad SMARTS) is 2. The lowest BCUT2D eigenvalue weighted by Crippen LogP contribution is -2.01. The fraction of sp³-hybridized carbons (Fsp3) is 0. The molecule has 2 aromatic carbocycles. The fourth-order valence-corrected chi connectivity index (χ4v) is 2.26. The first-order valence-electron chi connectivity index (χ1n) is 6.94. The molecule has 12 nitrogen and oxygen atoms in total. The second-order valence-electron chi connectivity index (χ2n) is 4.91. The molecule has 0 fully saturated rings. The highest BCUT2D eigenvalue weighted by molar-refractivity contribution is 6.01. The number of hydrogen-bond donors (Lipinski definition) is 4. The number of hydrogen-bond acceptors (Lipinski definition) is 8. The monoisotopic (exact) mass is 358 g/mol. The highest BCUT2D eigenvalue weighted by atomic mass is 16.5. The van der Waals surface area contributed by atoms with E-state index in [4.69, 9.17) is 20.6 Å². The van der Waals surface area contributed by atoms with Crippen LogP contribution in [0.4, 0.5) is 0 Å². The van der Waals surface area contributed by atoms with E-state index in [-0.39, 0.29) is 22.2 Å². The molecule has 0 bridgehead atoms. The number of aromatic nitrogens is 6. The zero-order chi connectivity index (χ0) is 18.8. The largest absolute Gasteiger partial charge is 0.478 e. The molecular formula is C14H10N6O6. The van der Waals surface area contributed by atoms with Crippen molar-refractivity contribution in [3.05, 3.63) is 47.5 Å². The van der Waals surface area contributed by atoms with Crippen molar-refractivity contribution < 1.29 is 30.2 Å². The van der Waals surface area contributed by atoms with Gasteiger partial charge in [-0.25, -0.2) is 9.59 Å². The van der Waals surface area contributed by atoms with Crippen LogP contribution in [-0.4, -0.2) is 62.9 Å². The molecule has 4 aromatic rings. The summed E-state index contributed by atoms with van der Waals surface area (Å²) in [6.45, 7) is 0. The highest BCUT2D eigenvalue weighted by Gasteiger charge is 2.14. The molecule has 132 valence electrons. The molecule has 0 saturated carbocycles. The molecule has 4 rings (SSSR count). The summed E-state index contributed by atoms with van der Waals surface area (Å²) < 4.78 is 0. The van der Waals surface area contributed by atoms with Gasteiger partial charge in [0.25, 0.3) is 0 Å². The van der Waals surface area contributed by atoms with Crippen LogP contribution in [0.15, 0.2) is 36.4 Å². The van der Waals surface area contributed by atoms with Crippen molar-refractivity contribution in [2.75, 3.05) is 0 Å². The standard InChI is InChI=1S/2C7H5N3O3/c2*11-7(12)4-2-1-3-5-6(4)10(13)9-8-5/h2*1-3,13H,(H,11,12). The summed E-state index contributed by atoms with van der Waals surface area (Å²) in [6.07, 6.45) is 0. The van der Waals surface area contributed by atoms with Crippen LogP contribution in [0, 0.1) is 0 Å². The van der Waals surface area contributed by atoms with Crippen molar-refractivity contribution in [2.45, 2.75) is 0 Å². The van der Waals surface area contributed by atoms with Crippen molar-refractivity contribution >= 4 is 34.0 Å². The summed E-state index contributed by atoms with van der Waals surface area (Å²) in [5, 5.41) is 49.4. The summed E-state index contributed by atoms with van der Waals surface area (Å²) in [5.74, 6) is -2.24. The van der Waals surface area contributed by atoms with Crippen molar-refractivity contribution in [1.29, 1.82) is 0 Å². The fourth-order valence-electron chi connectivity index (χ4n) is 2.26. The number of benzene rings is 2. The Hall–Kier alpha value is -4.22. The highest BCUT2D eigenvalue weighted by Crippen LogP contribution is 2.15. The molecule has 0 atom stereocenters. The van der Waals surface area contributed by atoms with Crippen LogP contribution >= 0.6 is 0 Å². The minimum absolute atomic E-state index is 0.0231. The number of carbonyl (C=O) groups is 2. The SMILES string of the molecule is O=C(O)c1cccc2nnn(O)c12.O=C(O)c1cccc2nnn(O)c12. The number of aromatic carboxylic acids is 2. The van der Waals surface area contributed by atoms with Gasteiger partial charge in [0.1, 0.15) is 22.1 Å². The lowest BCUT2D eigenvalue weighted by Gasteiger charge is -1.95. The van der Waals surface area contributed by atoms with Crippen LogP contribution in [-0.2, 0) is 0 Å². The van der Waals surface area contributed by atoms with E-state index in [1.807, 2.05) is 0 Å². The molecule has 0 amide bonds. The van der Waals surface area contributed by atoms with E-state index in [1.54, 1.807) is 24.3 Å². The molecule has 4 N–H and O–H groups in total. The first kappa shape index (κ1) is 16.6. The molecule has 0 spiro atoms. The number of fused-ring (bicyclic) bond motifs is 2. The van der Waals surface area contributed by atoms with E-state index in [0.717, 1.165) is 0 Å². The zero-order valence-corrected chi connectivity index (χ0v) is 12.8. The normalized spacial score (nSPS) is 10.5. The molecule has 0 aliphatic carbocycles. The Morgan fingerprint density at radius 2 is 1.12 bits per heavy atom. The van der Waals surface area contributed by atoms with Gasteiger partial charge < -0.3 is 20.6 Å². The third-order valence-corrected chi connectivity index (χ3v) is 3.36. The zero-order valence-electron chi connectivity index (χ0n) is 12.8. The first-order chi connectivity index (χ1) is 12.4. The molecule has 0 unspecified atom stereocenters. The lowest BCUT2D eigenvalue weighted by atomic mass is 10.2. The average molecular weight is 358 g/mol. The van der Waals surface area contributed by atoms with Gasteiger partial charge in [-0.05, 0) is 34.7 Å². The predicted octanol–water partition coefficient (Wildman–Crippen LogP) is 0.734. The number of carboxylic acids is 2. The molecular weight excluding hydrogens is 348 g/mol.